The van der Waals surface area contributed by atoms with Crippen LogP contribution in [0.4, 0.5) is 0 Å². The van der Waals surface area contributed by atoms with Crippen LogP contribution in [0.5, 0.6) is 0 Å². The lowest BCUT2D eigenvalue weighted by atomic mass is 10.3. The lowest BCUT2D eigenvalue weighted by Crippen LogP contribution is -2.08. The van der Waals surface area contributed by atoms with Crippen LogP contribution in [-0.4, -0.2) is 37.7 Å². The van der Waals surface area contributed by atoms with Crippen molar-refractivity contribution >= 4 is 22.2 Å². The molecule has 0 spiro atoms. The first-order valence-electron chi connectivity index (χ1n) is 4.47. The maximum atomic E-state index is 11.0. The Hall–Kier alpha value is -1.62. The standard InChI is InChI=1S/C8H6N4O4S2/c13-17(14)7-8(18(15)16)12-11-6(10-7)5-3-1-2-4-9-5/h1-4H,(H,13,14)(H,15,16). The molecule has 0 radical (unpaired) electrons. The van der Waals surface area contributed by atoms with Crippen LogP contribution in [0.2, 0.25) is 0 Å². The predicted molar refractivity (Wildman–Crippen MR) is 61.1 cm³/mol. The summed E-state index contributed by atoms with van der Waals surface area (Å²) < 4.78 is 39.8. The van der Waals surface area contributed by atoms with Crippen LogP contribution in [0.15, 0.2) is 34.4 Å². The van der Waals surface area contributed by atoms with Crippen LogP contribution < -0.4 is 0 Å². The number of rotatable bonds is 3. The number of hydrogen-bond donors (Lipinski definition) is 2. The Labute approximate surface area is 106 Å². The minimum atomic E-state index is -2.54. The fraction of sp³-hybridized carbons (Fsp3) is 0. The van der Waals surface area contributed by atoms with Crippen molar-refractivity contribution in [3.63, 3.8) is 0 Å². The second kappa shape index (κ2) is 5.35. The largest absolute Gasteiger partial charge is 0.301 e. The molecule has 0 aliphatic carbocycles. The quantitative estimate of drug-likeness (QED) is 0.760. The molecule has 2 aromatic rings. The van der Waals surface area contributed by atoms with E-state index in [1.807, 2.05) is 0 Å². The Kier molecular flexibility index (Phi) is 3.81. The minimum absolute atomic E-state index is 0.00204. The SMILES string of the molecule is O=S(O)c1nnc(-c2ccccn2)nc1S(=O)O. The molecule has 0 amide bonds. The molecule has 2 aromatic heterocycles. The van der Waals surface area contributed by atoms with Crippen LogP contribution in [0, 0.1) is 0 Å². The first-order valence-corrected chi connectivity index (χ1v) is 6.69. The molecular weight excluding hydrogens is 280 g/mol. The van der Waals surface area contributed by atoms with Gasteiger partial charge >= 0.3 is 0 Å². The zero-order valence-corrected chi connectivity index (χ0v) is 10.3. The van der Waals surface area contributed by atoms with E-state index >= 15 is 0 Å². The van der Waals surface area contributed by atoms with Gasteiger partial charge in [0, 0.05) is 6.20 Å². The second-order valence-corrected chi connectivity index (χ2v) is 4.73. The highest BCUT2D eigenvalue weighted by molar-refractivity contribution is 7.82. The molecule has 0 saturated carbocycles. The van der Waals surface area contributed by atoms with Gasteiger partial charge in [-0.05, 0) is 12.1 Å². The van der Waals surface area contributed by atoms with E-state index in [0.717, 1.165) is 0 Å². The molecule has 2 atom stereocenters. The minimum Gasteiger partial charge on any atom is -0.301 e. The Morgan fingerprint density at radius 2 is 1.72 bits per heavy atom. The fourth-order valence-corrected chi connectivity index (χ4v) is 2.22. The van der Waals surface area contributed by atoms with Gasteiger partial charge in [0.2, 0.25) is 33.0 Å². The molecule has 0 aromatic carbocycles. The Morgan fingerprint density at radius 1 is 1.00 bits per heavy atom. The van der Waals surface area contributed by atoms with Crippen molar-refractivity contribution in [2.24, 2.45) is 0 Å². The number of aromatic nitrogens is 4. The molecule has 8 nitrogen and oxygen atoms in total. The van der Waals surface area contributed by atoms with Crippen LogP contribution in [0.25, 0.3) is 11.5 Å². The van der Waals surface area contributed by atoms with Gasteiger partial charge in [-0.25, -0.2) is 13.4 Å². The molecular formula is C8H6N4O4S2. The van der Waals surface area contributed by atoms with Gasteiger partial charge in [-0.1, -0.05) is 6.07 Å². The second-order valence-electron chi connectivity index (χ2n) is 2.96. The van der Waals surface area contributed by atoms with Crippen LogP contribution >= 0.6 is 0 Å². The van der Waals surface area contributed by atoms with Gasteiger partial charge in [-0.15, -0.1) is 10.2 Å². The molecule has 0 fully saturated rings. The molecule has 2 rings (SSSR count). The van der Waals surface area contributed by atoms with Crippen LogP contribution in [-0.2, 0) is 22.2 Å². The summed E-state index contributed by atoms with van der Waals surface area (Å²) in [5.74, 6) is 0.00204. The van der Waals surface area contributed by atoms with Crippen LogP contribution in [0.1, 0.15) is 0 Å². The molecule has 2 N–H and O–H groups in total. The monoisotopic (exact) mass is 286 g/mol. The number of pyridine rings is 1. The molecule has 0 saturated heterocycles. The van der Waals surface area contributed by atoms with E-state index in [0.29, 0.717) is 5.69 Å². The first-order chi connectivity index (χ1) is 8.59. The molecule has 0 aliphatic heterocycles. The van der Waals surface area contributed by atoms with E-state index in [9.17, 15) is 8.42 Å². The summed E-state index contributed by atoms with van der Waals surface area (Å²) in [6.07, 6.45) is 1.49. The summed E-state index contributed by atoms with van der Waals surface area (Å²) in [4.78, 5) is 7.66. The van der Waals surface area contributed by atoms with Crippen molar-refractivity contribution in [3.05, 3.63) is 24.4 Å². The third-order valence-electron chi connectivity index (χ3n) is 1.85. The molecule has 94 valence electrons. The summed E-state index contributed by atoms with van der Waals surface area (Å²) in [7, 11) is 0. The first kappa shape index (κ1) is 12.8. The highest BCUT2D eigenvalue weighted by Gasteiger charge is 2.19. The lowest BCUT2D eigenvalue weighted by Gasteiger charge is -2.02. The third kappa shape index (κ3) is 2.61. The highest BCUT2D eigenvalue weighted by Crippen LogP contribution is 2.15. The molecule has 10 heteroatoms. The van der Waals surface area contributed by atoms with Gasteiger partial charge in [0.25, 0.3) is 0 Å². The van der Waals surface area contributed by atoms with Gasteiger partial charge in [-0.3, -0.25) is 4.98 Å². The topological polar surface area (TPSA) is 126 Å². The van der Waals surface area contributed by atoms with Crippen molar-refractivity contribution in [2.75, 3.05) is 0 Å². The third-order valence-corrected chi connectivity index (χ3v) is 3.20. The van der Waals surface area contributed by atoms with E-state index in [2.05, 4.69) is 20.2 Å². The maximum Gasteiger partial charge on any atom is 0.214 e. The zero-order chi connectivity index (χ0) is 13.1. The predicted octanol–water partition coefficient (Wildman–Crippen LogP) is 0.0948. The van der Waals surface area contributed by atoms with E-state index in [4.69, 9.17) is 9.11 Å². The van der Waals surface area contributed by atoms with Crippen molar-refractivity contribution in [2.45, 2.75) is 10.1 Å². The highest BCUT2D eigenvalue weighted by atomic mass is 32.2. The van der Waals surface area contributed by atoms with Gasteiger partial charge < -0.3 is 9.11 Å². The molecule has 0 bridgehead atoms. The Morgan fingerprint density at radius 3 is 2.28 bits per heavy atom. The number of hydrogen-bond acceptors (Lipinski definition) is 6. The summed E-state index contributed by atoms with van der Waals surface area (Å²) >= 11 is -5.07. The van der Waals surface area contributed by atoms with Crippen molar-refractivity contribution in [1.82, 2.24) is 20.2 Å². The van der Waals surface area contributed by atoms with E-state index < -0.39 is 32.2 Å². The molecule has 2 unspecified atom stereocenters. The van der Waals surface area contributed by atoms with Crippen molar-refractivity contribution < 1.29 is 17.5 Å². The van der Waals surface area contributed by atoms with Gasteiger partial charge in [-0.2, -0.15) is 0 Å². The van der Waals surface area contributed by atoms with Crippen molar-refractivity contribution in [1.29, 1.82) is 0 Å². The summed E-state index contributed by atoms with van der Waals surface area (Å²) in [5.41, 5.74) is 0.340. The average Bonchev–Trinajstić information content (AvgIpc) is 2.39. The van der Waals surface area contributed by atoms with Gasteiger partial charge in [0.1, 0.15) is 5.69 Å². The zero-order valence-electron chi connectivity index (χ0n) is 8.63. The van der Waals surface area contributed by atoms with Gasteiger partial charge in [0.05, 0.1) is 0 Å². The van der Waals surface area contributed by atoms with E-state index in [-0.39, 0.29) is 5.82 Å². The normalized spacial score (nSPS) is 14.1. The Bertz CT molecular complexity index is 622. The summed E-state index contributed by atoms with van der Waals surface area (Å²) in [6, 6.07) is 4.94. The summed E-state index contributed by atoms with van der Waals surface area (Å²) in [6.45, 7) is 0. The maximum absolute atomic E-state index is 11.0. The van der Waals surface area contributed by atoms with E-state index in [1.165, 1.54) is 6.20 Å². The van der Waals surface area contributed by atoms with E-state index in [1.54, 1.807) is 18.2 Å². The van der Waals surface area contributed by atoms with Crippen molar-refractivity contribution in [3.8, 4) is 11.5 Å². The smallest absolute Gasteiger partial charge is 0.214 e. The molecule has 0 aliphatic rings. The van der Waals surface area contributed by atoms with Crippen LogP contribution in [0.3, 0.4) is 0 Å². The molecule has 2 heterocycles. The summed E-state index contributed by atoms with van der Waals surface area (Å²) in [5, 5.41) is 5.96. The fourth-order valence-electron chi connectivity index (χ4n) is 1.13. The van der Waals surface area contributed by atoms with Gasteiger partial charge in [0.15, 0.2) is 5.03 Å². The average molecular weight is 286 g/mol. The molecule has 18 heavy (non-hydrogen) atoms. The Balaban J connectivity index is 2.57. The number of nitrogens with zero attached hydrogens (tertiary/aromatic N) is 4. The lowest BCUT2D eigenvalue weighted by molar-refractivity contribution is 0.534.